The highest BCUT2D eigenvalue weighted by Crippen LogP contribution is 2.07. The molecule has 1 atom stereocenters. The number of aliphatic hydroxyl groups is 1. The predicted octanol–water partition coefficient (Wildman–Crippen LogP) is 2.18. The van der Waals surface area contributed by atoms with Crippen molar-refractivity contribution in [2.75, 3.05) is 6.61 Å². The second-order valence-electron chi connectivity index (χ2n) is 4.41. The molecule has 1 aromatic heterocycles. The zero-order valence-corrected chi connectivity index (χ0v) is 12.4. The summed E-state index contributed by atoms with van der Waals surface area (Å²) in [6, 6.07) is 12.8. The number of carbonyl (C=O) groups excluding carboxylic acids is 1. The molecule has 0 spiro atoms. The van der Waals surface area contributed by atoms with E-state index in [0.29, 0.717) is 16.6 Å². The maximum absolute atomic E-state index is 12.0. The van der Waals surface area contributed by atoms with Crippen LogP contribution in [0.1, 0.15) is 15.9 Å². The van der Waals surface area contributed by atoms with E-state index in [1.165, 1.54) is 6.20 Å². The summed E-state index contributed by atoms with van der Waals surface area (Å²) in [4.78, 5) is 16.0. The van der Waals surface area contributed by atoms with Crippen molar-refractivity contribution in [3.63, 3.8) is 0 Å². The molecule has 20 heavy (non-hydrogen) atoms. The molecule has 1 amide bonds. The molecule has 2 N–H and O–H groups in total. The van der Waals surface area contributed by atoms with Gasteiger partial charge < -0.3 is 10.4 Å². The minimum atomic E-state index is -0.312. The lowest BCUT2D eigenvalue weighted by Gasteiger charge is -2.16. The van der Waals surface area contributed by atoms with Gasteiger partial charge in [0.2, 0.25) is 0 Å². The molecule has 1 heterocycles. The predicted molar refractivity (Wildman–Crippen MR) is 80.4 cm³/mol. The number of hydrogen-bond acceptors (Lipinski definition) is 3. The minimum Gasteiger partial charge on any atom is -0.394 e. The van der Waals surface area contributed by atoms with Crippen molar-refractivity contribution in [3.05, 3.63) is 64.4 Å². The normalized spacial score (nSPS) is 11.9. The molecule has 5 heteroatoms. The summed E-state index contributed by atoms with van der Waals surface area (Å²) >= 11 is 3.22. The molecule has 0 aliphatic rings. The van der Waals surface area contributed by atoms with Crippen molar-refractivity contribution in [1.29, 1.82) is 0 Å². The summed E-state index contributed by atoms with van der Waals surface area (Å²) < 4.78 is 0.678. The largest absolute Gasteiger partial charge is 0.394 e. The number of aliphatic hydroxyl groups excluding tert-OH is 1. The first-order valence-corrected chi connectivity index (χ1v) is 7.05. The standard InChI is InChI=1S/C15H15BrN2O2/c16-14-7-6-12(9-17-14)15(20)18-13(10-19)8-11-4-2-1-3-5-11/h1-7,9,13,19H,8,10H2,(H,18,20)/t13-/m0/s1. The summed E-state index contributed by atoms with van der Waals surface area (Å²) in [5.74, 6) is -0.236. The van der Waals surface area contributed by atoms with Crippen LogP contribution in [-0.2, 0) is 6.42 Å². The maximum atomic E-state index is 12.0. The number of hydrogen-bond donors (Lipinski definition) is 2. The molecule has 0 radical (unpaired) electrons. The van der Waals surface area contributed by atoms with E-state index in [2.05, 4.69) is 26.2 Å². The van der Waals surface area contributed by atoms with E-state index in [0.717, 1.165) is 5.56 Å². The van der Waals surface area contributed by atoms with Crippen LogP contribution in [-0.4, -0.2) is 28.6 Å². The van der Waals surface area contributed by atoms with Gasteiger partial charge in [0, 0.05) is 6.20 Å². The molecule has 4 nitrogen and oxygen atoms in total. The van der Waals surface area contributed by atoms with E-state index < -0.39 is 0 Å². The Hall–Kier alpha value is -1.72. The van der Waals surface area contributed by atoms with Crippen LogP contribution in [0.3, 0.4) is 0 Å². The van der Waals surface area contributed by atoms with Crippen LogP contribution >= 0.6 is 15.9 Å². The van der Waals surface area contributed by atoms with Crippen LogP contribution in [0.4, 0.5) is 0 Å². The Bertz CT molecular complexity index is 558. The number of rotatable bonds is 5. The lowest BCUT2D eigenvalue weighted by molar-refractivity contribution is 0.0916. The molecule has 1 aromatic carbocycles. The van der Waals surface area contributed by atoms with Gasteiger partial charge in [-0.25, -0.2) is 4.98 Å². The van der Waals surface area contributed by atoms with Gasteiger partial charge in [-0.1, -0.05) is 30.3 Å². The van der Waals surface area contributed by atoms with Gasteiger partial charge in [0.1, 0.15) is 4.60 Å². The summed E-state index contributed by atoms with van der Waals surface area (Å²) in [6.07, 6.45) is 2.09. The Balaban J connectivity index is 1.99. The number of benzene rings is 1. The van der Waals surface area contributed by atoms with Gasteiger partial charge in [-0.3, -0.25) is 4.79 Å². The number of carbonyl (C=O) groups is 1. The van der Waals surface area contributed by atoms with Gasteiger partial charge in [0.25, 0.3) is 5.91 Å². The highest BCUT2D eigenvalue weighted by atomic mass is 79.9. The third-order valence-corrected chi connectivity index (χ3v) is 3.34. The first kappa shape index (κ1) is 14.7. The Morgan fingerprint density at radius 1 is 1.25 bits per heavy atom. The van der Waals surface area contributed by atoms with Gasteiger partial charge in [0.05, 0.1) is 18.2 Å². The van der Waals surface area contributed by atoms with Crippen LogP contribution in [0.2, 0.25) is 0 Å². The molecule has 0 saturated heterocycles. The summed E-state index contributed by atoms with van der Waals surface area (Å²) in [6.45, 7) is -0.107. The SMILES string of the molecule is O=C(N[C@H](CO)Cc1ccccc1)c1ccc(Br)nc1. The van der Waals surface area contributed by atoms with Gasteiger partial charge in [-0.2, -0.15) is 0 Å². The fraction of sp³-hybridized carbons (Fsp3) is 0.200. The monoisotopic (exact) mass is 334 g/mol. The fourth-order valence-electron chi connectivity index (χ4n) is 1.84. The van der Waals surface area contributed by atoms with Crippen LogP contribution in [0.15, 0.2) is 53.3 Å². The van der Waals surface area contributed by atoms with E-state index in [4.69, 9.17) is 0 Å². The fourth-order valence-corrected chi connectivity index (χ4v) is 2.07. The maximum Gasteiger partial charge on any atom is 0.253 e. The van der Waals surface area contributed by atoms with Crippen LogP contribution in [0.5, 0.6) is 0 Å². The highest BCUT2D eigenvalue weighted by Gasteiger charge is 2.13. The zero-order valence-electron chi connectivity index (χ0n) is 10.8. The third kappa shape index (κ3) is 4.15. The molecular weight excluding hydrogens is 320 g/mol. The van der Waals surface area contributed by atoms with Crippen molar-refractivity contribution >= 4 is 21.8 Å². The number of halogens is 1. The van der Waals surface area contributed by atoms with Crippen LogP contribution in [0.25, 0.3) is 0 Å². The second kappa shape index (κ2) is 7.17. The molecule has 0 fully saturated rings. The molecule has 2 rings (SSSR count). The van der Waals surface area contributed by atoms with Crippen LogP contribution in [0, 0.1) is 0 Å². The molecule has 0 aliphatic heterocycles. The molecular formula is C15H15BrN2O2. The molecule has 2 aromatic rings. The van der Waals surface area contributed by atoms with Crippen molar-refractivity contribution in [3.8, 4) is 0 Å². The average Bonchev–Trinajstić information content (AvgIpc) is 2.48. The first-order chi connectivity index (χ1) is 9.69. The second-order valence-corrected chi connectivity index (χ2v) is 5.22. The number of nitrogens with zero attached hydrogens (tertiary/aromatic N) is 1. The van der Waals surface area contributed by atoms with Crippen LogP contribution < -0.4 is 5.32 Å². The smallest absolute Gasteiger partial charge is 0.253 e. The first-order valence-electron chi connectivity index (χ1n) is 6.26. The molecule has 0 aliphatic carbocycles. The van der Waals surface area contributed by atoms with E-state index in [1.807, 2.05) is 30.3 Å². The Morgan fingerprint density at radius 3 is 2.60 bits per heavy atom. The van der Waals surface area contributed by atoms with Gasteiger partial charge in [0.15, 0.2) is 0 Å². The molecule has 0 saturated carbocycles. The third-order valence-electron chi connectivity index (χ3n) is 2.87. The Kier molecular flexibility index (Phi) is 5.26. The number of aromatic nitrogens is 1. The van der Waals surface area contributed by atoms with Gasteiger partial charge in [-0.05, 0) is 40.0 Å². The number of nitrogens with one attached hydrogen (secondary N) is 1. The lowest BCUT2D eigenvalue weighted by atomic mass is 10.1. The van der Waals surface area contributed by atoms with Crippen molar-refractivity contribution in [2.45, 2.75) is 12.5 Å². The summed E-state index contributed by atoms with van der Waals surface area (Å²) in [7, 11) is 0. The Labute approximate surface area is 126 Å². The van der Waals surface area contributed by atoms with Crippen molar-refractivity contribution in [2.24, 2.45) is 0 Å². The van der Waals surface area contributed by atoms with E-state index in [-0.39, 0.29) is 18.6 Å². The van der Waals surface area contributed by atoms with E-state index in [9.17, 15) is 9.90 Å². The zero-order chi connectivity index (χ0) is 14.4. The summed E-state index contributed by atoms with van der Waals surface area (Å²) in [5, 5.41) is 12.2. The molecule has 104 valence electrons. The number of amides is 1. The van der Waals surface area contributed by atoms with Gasteiger partial charge in [-0.15, -0.1) is 0 Å². The van der Waals surface area contributed by atoms with Gasteiger partial charge >= 0.3 is 0 Å². The van der Waals surface area contributed by atoms with Crippen molar-refractivity contribution < 1.29 is 9.90 Å². The minimum absolute atomic E-state index is 0.107. The lowest BCUT2D eigenvalue weighted by Crippen LogP contribution is -2.39. The van der Waals surface area contributed by atoms with Crippen molar-refractivity contribution in [1.82, 2.24) is 10.3 Å². The number of pyridine rings is 1. The highest BCUT2D eigenvalue weighted by molar-refractivity contribution is 9.10. The van der Waals surface area contributed by atoms with E-state index >= 15 is 0 Å². The van der Waals surface area contributed by atoms with E-state index in [1.54, 1.807) is 12.1 Å². The molecule has 0 unspecified atom stereocenters. The molecule has 0 bridgehead atoms. The Morgan fingerprint density at radius 2 is 2.00 bits per heavy atom. The average molecular weight is 335 g/mol. The summed E-state index contributed by atoms with van der Waals surface area (Å²) in [5.41, 5.74) is 1.54. The topological polar surface area (TPSA) is 62.2 Å². The quantitative estimate of drug-likeness (QED) is 0.824.